The van der Waals surface area contributed by atoms with Gasteiger partial charge in [-0.3, -0.25) is 9.48 Å². The van der Waals surface area contributed by atoms with Gasteiger partial charge >= 0.3 is 0 Å². The van der Waals surface area contributed by atoms with Gasteiger partial charge in [0.05, 0.1) is 37.6 Å². The molecule has 4 heterocycles. The van der Waals surface area contributed by atoms with Gasteiger partial charge < -0.3 is 15.0 Å². The quantitative estimate of drug-likeness (QED) is 0.868. The molecule has 2 atom stereocenters. The molecule has 1 unspecified atom stereocenters. The third-order valence-corrected chi connectivity index (χ3v) is 6.42. The molecule has 3 saturated heterocycles. The Hall–Kier alpha value is -2.48. The number of aromatic nitrogens is 3. The van der Waals surface area contributed by atoms with Crippen molar-refractivity contribution in [2.24, 2.45) is 5.41 Å². The molecule has 2 aromatic rings. The lowest BCUT2D eigenvalue weighted by atomic mass is 9.77. The van der Waals surface area contributed by atoms with E-state index in [1.165, 1.54) is 6.07 Å². The highest BCUT2D eigenvalue weighted by molar-refractivity contribution is 5.86. The highest BCUT2D eigenvalue weighted by Crippen LogP contribution is 2.40. The van der Waals surface area contributed by atoms with Gasteiger partial charge in [-0.1, -0.05) is 11.3 Å². The number of nitrogens with zero attached hydrogens (tertiary/aromatic N) is 4. The summed E-state index contributed by atoms with van der Waals surface area (Å²) in [5.41, 5.74) is 1.70. The number of nitrogens with one attached hydrogen (secondary N) is 1. The molecule has 0 aliphatic carbocycles. The summed E-state index contributed by atoms with van der Waals surface area (Å²) in [6, 6.07) is 5.24. The summed E-state index contributed by atoms with van der Waals surface area (Å²) in [4.78, 5) is 14.5. The number of halogens is 1. The Morgan fingerprint density at radius 3 is 2.75 bits per heavy atom. The first-order chi connectivity index (χ1) is 13.6. The Morgan fingerprint density at radius 2 is 2.11 bits per heavy atom. The number of carbonyl (C=O) groups is 1. The lowest BCUT2D eigenvalue weighted by molar-refractivity contribution is -0.124. The summed E-state index contributed by atoms with van der Waals surface area (Å²) in [6.07, 6.45) is 6.10. The fourth-order valence-corrected chi connectivity index (χ4v) is 4.61. The fraction of sp³-hybridized carbons (Fsp3) is 0.550. The summed E-state index contributed by atoms with van der Waals surface area (Å²) in [5.74, 6) is -0.623. The van der Waals surface area contributed by atoms with Gasteiger partial charge in [0.1, 0.15) is 5.82 Å². The van der Waals surface area contributed by atoms with E-state index in [4.69, 9.17) is 4.74 Å². The molecule has 148 valence electrons. The average molecular weight is 385 g/mol. The zero-order chi connectivity index (χ0) is 19.1. The highest BCUT2D eigenvalue weighted by atomic mass is 19.1. The Kier molecular flexibility index (Phi) is 4.30. The third-order valence-electron chi connectivity index (χ3n) is 6.42. The van der Waals surface area contributed by atoms with Gasteiger partial charge in [-0.25, -0.2) is 4.39 Å². The van der Waals surface area contributed by atoms with E-state index in [2.05, 4.69) is 20.5 Å². The first kappa shape index (κ1) is 17.6. The average Bonchev–Trinajstić information content (AvgIpc) is 3.30. The number of amides is 1. The van der Waals surface area contributed by atoms with Crippen LogP contribution in [0.1, 0.15) is 30.7 Å². The van der Waals surface area contributed by atoms with Crippen molar-refractivity contribution in [2.75, 3.05) is 31.2 Å². The van der Waals surface area contributed by atoms with Crippen LogP contribution >= 0.6 is 0 Å². The van der Waals surface area contributed by atoms with Gasteiger partial charge in [0, 0.05) is 30.7 Å². The Morgan fingerprint density at radius 1 is 1.29 bits per heavy atom. The van der Waals surface area contributed by atoms with Crippen molar-refractivity contribution in [1.29, 1.82) is 0 Å². The van der Waals surface area contributed by atoms with E-state index in [-0.39, 0.29) is 23.7 Å². The summed E-state index contributed by atoms with van der Waals surface area (Å²) in [7, 11) is 0. The number of hydrogen-bond donors (Lipinski definition) is 1. The molecule has 3 aliphatic heterocycles. The van der Waals surface area contributed by atoms with Gasteiger partial charge in [-0.2, -0.15) is 0 Å². The Balaban J connectivity index is 1.26. The van der Waals surface area contributed by atoms with E-state index < -0.39 is 0 Å². The van der Waals surface area contributed by atoms with E-state index in [0.717, 1.165) is 44.7 Å². The predicted octanol–water partition coefficient (Wildman–Crippen LogP) is 1.71. The summed E-state index contributed by atoms with van der Waals surface area (Å²) in [6.45, 7) is 3.96. The number of hydrogen-bond acceptors (Lipinski definition) is 5. The van der Waals surface area contributed by atoms with Crippen molar-refractivity contribution < 1.29 is 13.9 Å². The summed E-state index contributed by atoms with van der Waals surface area (Å²) >= 11 is 0. The van der Waals surface area contributed by atoms with Gasteiger partial charge in [0.25, 0.3) is 0 Å². The van der Waals surface area contributed by atoms with E-state index >= 15 is 0 Å². The van der Waals surface area contributed by atoms with Crippen LogP contribution in [0.2, 0.25) is 0 Å². The molecule has 3 aliphatic rings. The van der Waals surface area contributed by atoms with Crippen LogP contribution in [0.15, 0.2) is 30.6 Å². The number of benzene rings is 1. The standard InChI is InChI=1S/C20H24FN5O2/c21-17-9-14(16-10-15(23-19(16)27)11-26-8-5-22-24-26)1-2-18(17)25-6-3-20(4-7-25)12-28-13-20/h1-2,5,8-9,15-16H,3-4,6-7,10-13H2,(H,23,27)/t15?,16-/m1/s1. The third kappa shape index (κ3) is 3.15. The van der Waals surface area contributed by atoms with Crippen LogP contribution in [0.3, 0.4) is 0 Å². The molecule has 0 saturated carbocycles. The highest BCUT2D eigenvalue weighted by Gasteiger charge is 2.41. The fourth-order valence-electron chi connectivity index (χ4n) is 4.61. The molecule has 1 aromatic carbocycles. The van der Waals surface area contributed by atoms with Crippen LogP contribution in [0.5, 0.6) is 0 Å². The van der Waals surface area contributed by atoms with Crippen LogP contribution in [-0.4, -0.2) is 53.2 Å². The number of carbonyl (C=O) groups excluding carboxylic acids is 1. The van der Waals surface area contributed by atoms with Crippen molar-refractivity contribution in [3.63, 3.8) is 0 Å². The molecule has 1 N–H and O–H groups in total. The summed E-state index contributed by atoms with van der Waals surface area (Å²) in [5, 5.41) is 10.7. The lowest BCUT2D eigenvalue weighted by Gasteiger charge is -2.47. The minimum atomic E-state index is -0.325. The smallest absolute Gasteiger partial charge is 0.227 e. The molecular weight excluding hydrogens is 361 g/mol. The van der Waals surface area contributed by atoms with Crippen molar-refractivity contribution in [3.8, 4) is 0 Å². The molecule has 1 aromatic heterocycles. The van der Waals surface area contributed by atoms with Crippen molar-refractivity contribution >= 4 is 11.6 Å². The first-order valence-electron chi connectivity index (χ1n) is 9.89. The number of rotatable bonds is 4. The molecule has 5 rings (SSSR count). The second kappa shape index (κ2) is 6.84. The number of anilines is 1. The summed E-state index contributed by atoms with van der Waals surface area (Å²) < 4.78 is 22.0. The molecule has 0 bridgehead atoms. The van der Waals surface area contributed by atoms with E-state index in [9.17, 15) is 9.18 Å². The maximum absolute atomic E-state index is 14.9. The second-order valence-corrected chi connectivity index (χ2v) is 8.31. The number of ether oxygens (including phenoxy) is 1. The molecule has 8 heteroatoms. The van der Waals surface area contributed by atoms with Crippen molar-refractivity contribution in [1.82, 2.24) is 20.3 Å². The molecule has 7 nitrogen and oxygen atoms in total. The van der Waals surface area contributed by atoms with Gasteiger partial charge in [0.15, 0.2) is 0 Å². The van der Waals surface area contributed by atoms with Crippen LogP contribution in [0, 0.1) is 11.2 Å². The minimum absolute atomic E-state index is 0.0232. The predicted molar refractivity (Wildman–Crippen MR) is 100 cm³/mol. The van der Waals surface area contributed by atoms with Crippen LogP contribution < -0.4 is 10.2 Å². The van der Waals surface area contributed by atoms with E-state index in [0.29, 0.717) is 24.1 Å². The first-order valence-corrected chi connectivity index (χ1v) is 9.89. The van der Waals surface area contributed by atoms with Gasteiger partial charge in [-0.15, -0.1) is 5.10 Å². The minimum Gasteiger partial charge on any atom is -0.380 e. The van der Waals surface area contributed by atoms with Crippen molar-refractivity contribution in [2.45, 2.75) is 37.8 Å². The maximum atomic E-state index is 14.9. The molecule has 1 amide bonds. The van der Waals surface area contributed by atoms with Crippen LogP contribution in [0.4, 0.5) is 10.1 Å². The van der Waals surface area contributed by atoms with Crippen molar-refractivity contribution in [3.05, 3.63) is 42.0 Å². The Bertz CT molecular complexity index is 857. The topological polar surface area (TPSA) is 72.3 Å². The zero-order valence-corrected chi connectivity index (χ0v) is 15.7. The van der Waals surface area contributed by atoms with Gasteiger partial charge in [0.2, 0.25) is 5.91 Å². The van der Waals surface area contributed by atoms with E-state index in [1.807, 2.05) is 12.1 Å². The number of piperidine rings is 1. The molecule has 0 radical (unpaired) electrons. The maximum Gasteiger partial charge on any atom is 0.227 e. The monoisotopic (exact) mass is 385 g/mol. The zero-order valence-electron chi connectivity index (χ0n) is 15.7. The largest absolute Gasteiger partial charge is 0.380 e. The van der Waals surface area contributed by atoms with E-state index in [1.54, 1.807) is 17.1 Å². The van der Waals surface area contributed by atoms with Gasteiger partial charge in [-0.05, 0) is 37.0 Å². The molecule has 1 spiro atoms. The molecule has 28 heavy (non-hydrogen) atoms. The molecular formula is C20H24FN5O2. The van der Waals surface area contributed by atoms with Crippen LogP contribution in [-0.2, 0) is 16.1 Å². The van der Waals surface area contributed by atoms with Crippen LogP contribution in [0.25, 0.3) is 0 Å². The normalized spacial score (nSPS) is 26.3. The SMILES string of the molecule is O=C1NC(Cn2ccnn2)C[C@@H]1c1ccc(N2CCC3(CC2)COC3)c(F)c1. The second-order valence-electron chi connectivity index (χ2n) is 8.31. The molecule has 3 fully saturated rings. The lowest BCUT2D eigenvalue weighted by Crippen LogP contribution is -2.51. The Labute approximate surface area is 162 Å².